The number of aliphatic hydroxyl groups is 1. The molecule has 1 unspecified atom stereocenters. The molecule has 1 heterocycles. The highest BCUT2D eigenvalue weighted by Gasteiger charge is 2.47. The van der Waals surface area contributed by atoms with E-state index in [1.54, 1.807) is 0 Å². The standard InChI is InChI=1S/C29H52N2O.ClH/c1-27(2)19-15-12-10-8-6-4-5-7-9-11-13-18-22-29-30(3)23-24-31(29,25-26-32)28-20-16-14-17-21-28;/h14,16-17,20-21,27,32H,4-13,15,18-19,22-26H2,1-3H3;1H/q+2;. The van der Waals surface area contributed by atoms with E-state index in [9.17, 15) is 5.11 Å². The number of hydrogen-bond acceptors (Lipinski definition) is 1. The first-order chi connectivity index (χ1) is 15.6. The number of aliphatic hydroxyl groups excluding tert-OH is 1. The van der Waals surface area contributed by atoms with Gasteiger partial charge in [-0.25, -0.2) is 4.48 Å². The molecule has 190 valence electrons. The molecular formula is C29H53ClN2O+2. The largest absolute Gasteiger partial charge is 0.390 e. The highest BCUT2D eigenvalue weighted by atomic mass is 35.5. The third-order valence-electron chi connectivity index (χ3n) is 7.42. The van der Waals surface area contributed by atoms with Gasteiger partial charge >= 0.3 is 5.84 Å². The fraction of sp³-hybridized carbons (Fsp3) is 0.759. The molecule has 1 atom stereocenters. The molecule has 1 aromatic rings. The molecule has 1 N–H and O–H groups in total. The predicted octanol–water partition coefficient (Wildman–Crippen LogP) is 7.58. The van der Waals surface area contributed by atoms with Gasteiger partial charge in [-0.3, -0.25) is 0 Å². The molecule has 33 heavy (non-hydrogen) atoms. The number of hydrogen-bond donors (Lipinski definition) is 1. The first-order valence-electron chi connectivity index (χ1n) is 13.7. The summed E-state index contributed by atoms with van der Waals surface area (Å²) < 4.78 is 3.30. The number of benzene rings is 1. The molecule has 0 aliphatic carbocycles. The lowest BCUT2D eigenvalue weighted by Crippen LogP contribution is -2.54. The summed E-state index contributed by atoms with van der Waals surface area (Å²) in [4.78, 5) is 0. The van der Waals surface area contributed by atoms with Crippen LogP contribution in [0.5, 0.6) is 0 Å². The number of unbranched alkanes of at least 4 members (excludes halogenated alkanes) is 11. The molecule has 0 bridgehead atoms. The summed E-state index contributed by atoms with van der Waals surface area (Å²) in [5, 5.41) is 9.81. The molecule has 1 aromatic carbocycles. The highest BCUT2D eigenvalue weighted by Crippen LogP contribution is 2.28. The number of nitrogens with zero attached hydrogens (tertiary/aromatic N) is 2. The molecule has 2 rings (SSSR count). The quantitative estimate of drug-likeness (QED) is 0.130. The van der Waals surface area contributed by atoms with E-state index in [4.69, 9.17) is 0 Å². The Kier molecular flexibility index (Phi) is 16.0. The van der Waals surface area contributed by atoms with Crippen LogP contribution in [0.3, 0.4) is 0 Å². The average Bonchev–Trinajstić information content (AvgIpc) is 3.11. The fourth-order valence-electron chi connectivity index (χ4n) is 5.45. The van der Waals surface area contributed by atoms with Crippen LogP contribution in [0.4, 0.5) is 5.69 Å². The summed E-state index contributed by atoms with van der Waals surface area (Å²) in [6.45, 7) is 7.86. The third-order valence-corrected chi connectivity index (χ3v) is 7.42. The lowest BCUT2D eigenvalue weighted by molar-refractivity contribution is -0.487. The topological polar surface area (TPSA) is 23.2 Å². The minimum absolute atomic E-state index is 0. The molecule has 1 aliphatic rings. The van der Waals surface area contributed by atoms with Crippen LogP contribution in [-0.4, -0.2) is 48.8 Å². The summed E-state index contributed by atoms with van der Waals surface area (Å²) in [5.41, 5.74) is 1.33. The van der Waals surface area contributed by atoms with Gasteiger partial charge < -0.3 is 5.11 Å². The van der Waals surface area contributed by atoms with Crippen molar-refractivity contribution in [2.45, 2.75) is 104 Å². The van der Waals surface area contributed by atoms with Crippen LogP contribution < -0.4 is 4.48 Å². The molecule has 0 radical (unpaired) electrons. The van der Waals surface area contributed by atoms with Gasteiger partial charge in [-0.2, -0.15) is 4.58 Å². The van der Waals surface area contributed by atoms with Crippen LogP contribution >= 0.6 is 12.4 Å². The van der Waals surface area contributed by atoms with Gasteiger partial charge in [-0.05, 0) is 24.5 Å². The minimum atomic E-state index is 0. The summed E-state index contributed by atoms with van der Waals surface area (Å²) in [6.07, 6.45) is 19.4. The smallest absolute Gasteiger partial charge is 0.343 e. The van der Waals surface area contributed by atoms with Crippen LogP contribution in [0.15, 0.2) is 30.3 Å². The fourth-order valence-corrected chi connectivity index (χ4v) is 5.45. The van der Waals surface area contributed by atoms with E-state index < -0.39 is 0 Å². The zero-order chi connectivity index (χ0) is 23.1. The maximum atomic E-state index is 9.81. The van der Waals surface area contributed by atoms with Crippen molar-refractivity contribution < 1.29 is 9.68 Å². The van der Waals surface area contributed by atoms with Crippen molar-refractivity contribution in [3.8, 4) is 0 Å². The second-order valence-corrected chi connectivity index (χ2v) is 10.5. The van der Waals surface area contributed by atoms with Gasteiger partial charge in [0.15, 0.2) is 13.1 Å². The van der Waals surface area contributed by atoms with Gasteiger partial charge in [0.1, 0.15) is 19.3 Å². The molecule has 4 heteroatoms. The van der Waals surface area contributed by atoms with Crippen LogP contribution in [0.2, 0.25) is 0 Å². The Labute approximate surface area is 211 Å². The molecule has 0 amide bonds. The van der Waals surface area contributed by atoms with Crippen molar-refractivity contribution in [1.82, 2.24) is 4.48 Å². The van der Waals surface area contributed by atoms with Crippen LogP contribution in [0.1, 0.15) is 104 Å². The third kappa shape index (κ3) is 10.5. The van der Waals surface area contributed by atoms with Crippen molar-refractivity contribution >= 4 is 23.9 Å². The Morgan fingerprint density at radius 3 is 1.85 bits per heavy atom. The highest BCUT2D eigenvalue weighted by molar-refractivity contribution is 5.90. The second-order valence-electron chi connectivity index (χ2n) is 10.5. The lowest BCUT2D eigenvalue weighted by atomic mass is 10.0. The van der Waals surface area contributed by atoms with Gasteiger partial charge in [-0.15, -0.1) is 12.4 Å². The zero-order valence-electron chi connectivity index (χ0n) is 21.9. The summed E-state index contributed by atoms with van der Waals surface area (Å²) in [5.74, 6) is 2.37. The van der Waals surface area contributed by atoms with Crippen molar-refractivity contribution in [3.63, 3.8) is 0 Å². The van der Waals surface area contributed by atoms with E-state index in [0.717, 1.165) is 36.5 Å². The van der Waals surface area contributed by atoms with Gasteiger partial charge in [0.2, 0.25) is 0 Å². The van der Waals surface area contributed by atoms with E-state index >= 15 is 0 Å². The zero-order valence-corrected chi connectivity index (χ0v) is 22.8. The van der Waals surface area contributed by atoms with Gasteiger partial charge in [0, 0.05) is 0 Å². The second kappa shape index (κ2) is 17.5. The Morgan fingerprint density at radius 1 is 0.818 bits per heavy atom. The van der Waals surface area contributed by atoms with Crippen molar-refractivity contribution in [2.24, 2.45) is 5.92 Å². The lowest BCUT2D eigenvalue weighted by Gasteiger charge is -2.30. The Balaban J connectivity index is 0.00000544. The number of halogens is 1. The minimum Gasteiger partial charge on any atom is -0.390 e. The summed E-state index contributed by atoms with van der Waals surface area (Å²) in [6, 6.07) is 10.8. The molecule has 0 aromatic heterocycles. The average molecular weight is 481 g/mol. The van der Waals surface area contributed by atoms with Crippen LogP contribution in [0, 0.1) is 5.92 Å². The van der Waals surface area contributed by atoms with Crippen LogP contribution in [-0.2, 0) is 0 Å². The normalized spacial score (nSPS) is 18.2. The van der Waals surface area contributed by atoms with Gasteiger partial charge in [-0.1, -0.05) is 109 Å². The predicted molar refractivity (Wildman–Crippen MR) is 148 cm³/mol. The number of rotatable bonds is 18. The maximum Gasteiger partial charge on any atom is 0.343 e. The number of likely N-dealkylation sites (N-methyl/N-ethyl adjacent to an activating group) is 1. The first-order valence-corrected chi connectivity index (χ1v) is 13.7. The summed E-state index contributed by atoms with van der Waals surface area (Å²) >= 11 is 0. The number of amidine groups is 1. The Hall–Kier alpha value is -0.900. The van der Waals surface area contributed by atoms with Gasteiger partial charge in [0.05, 0.1) is 13.0 Å². The van der Waals surface area contributed by atoms with E-state index in [1.165, 1.54) is 95.0 Å². The molecule has 0 saturated heterocycles. The SMILES string of the molecule is CC(C)CCCCCCCCCCCCCCC1=[N+](C)CC[N+]1(CCO)c1ccccc1.Cl. The number of quaternary nitrogens is 1. The first kappa shape index (κ1) is 30.1. The Bertz CT molecular complexity index is 646. The number of para-hydroxylation sites is 1. The molecule has 0 spiro atoms. The molecule has 0 saturated carbocycles. The van der Waals surface area contributed by atoms with E-state index in [2.05, 4.69) is 55.8 Å². The van der Waals surface area contributed by atoms with E-state index in [1.807, 2.05) is 0 Å². The van der Waals surface area contributed by atoms with Crippen molar-refractivity contribution in [1.29, 1.82) is 0 Å². The monoisotopic (exact) mass is 480 g/mol. The summed E-state index contributed by atoms with van der Waals surface area (Å²) in [7, 11) is 2.24. The molecule has 3 nitrogen and oxygen atoms in total. The van der Waals surface area contributed by atoms with Crippen molar-refractivity contribution in [3.05, 3.63) is 30.3 Å². The van der Waals surface area contributed by atoms with E-state index in [0.29, 0.717) is 0 Å². The maximum absolute atomic E-state index is 9.81. The molecular weight excluding hydrogens is 428 g/mol. The molecule has 0 fully saturated rings. The van der Waals surface area contributed by atoms with Crippen molar-refractivity contribution in [2.75, 3.05) is 33.3 Å². The Morgan fingerprint density at radius 2 is 1.33 bits per heavy atom. The molecule has 1 aliphatic heterocycles. The van der Waals surface area contributed by atoms with Crippen LogP contribution in [0.25, 0.3) is 0 Å². The van der Waals surface area contributed by atoms with E-state index in [-0.39, 0.29) is 19.0 Å². The van der Waals surface area contributed by atoms with Gasteiger partial charge in [0.25, 0.3) is 0 Å².